The third-order valence-electron chi connectivity index (χ3n) is 2.72. The van der Waals surface area contributed by atoms with E-state index >= 15 is 0 Å². The molecule has 1 aliphatic carbocycles. The molecule has 2 N–H and O–H groups in total. The minimum Gasteiger partial charge on any atom is -0.324 e. The molecule has 0 spiro atoms. The SMILES string of the molecule is N[C@@H]1CCCCc2ccc(Cl)cc21. The van der Waals surface area contributed by atoms with Crippen LogP contribution in [0.5, 0.6) is 0 Å². The largest absolute Gasteiger partial charge is 0.324 e. The second-order valence-corrected chi connectivity index (χ2v) is 4.13. The molecule has 2 heteroatoms. The molecule has 0 amide bonds. The fraction of sp³-hybridized carbons (Fsp3) is 0.455. The number of hydrogen-bond acceptors (Lipinski definition) is 1. The van der Waals surface area contributed by atoms with Gasteiger partial charge in [0.1, 0.15) is 0 Å². The summed E-state index contributed by atoms with van der Waals surface area (Å²) in [5, 5.41) is 0.802. The van der Waals surface area contributed by atoms with Crippen molar-refractivity contribution in [1.82, 2.24) is 0 Å². The Balaban J connectivity index is 2.43. The standard InChI is InChI=1S/C11H14ClN/c12-9-6-5-8-3-1-2-4-11(13)10(8)7-9/h5-7,11H,1-4,13H2/t11-/m1/s1. The van der Waals surface area contributed by atoms with Gasteiger partial charge in [-0.3, -0.25) is 0 Å². The Morgan fingerprint density at radius 2 is 2.15 bits per heavy atom. The molecule has 2 rings (SSSR count). The van der Waals surface area contributed by atoms with E-state index in [4.69, 9.17) is 17.3 Å². The highest BCUT2D eigenvalue weighted by molar-refractivity contribution is 6.30. The maximum absolute atomic E-state index is 6.06. The van der Waals surface area contributed by atoms with Gasteiger partial charge in [0.05, 0.1) is 0 Å². The first-order chi connectivity index (χ1) is 6.27. The quantitative estimate of drug-likeness (QED) is 0.633. The molecule has 0 heterocycles. The van der Waals surface area contributed by atoms with Gasteiger partial charge in [-0.15, -0.1) is 0 Å². The summed E-state index contributed by atoms with van der Waals surface area (Å²) in [4.78, 5) is 0. The Kier molecular flexibility index (Phi) is 2.56. The second-order valence-electron chi connectivity index (χ2n) is 3.70. The summed E-state index contributed by atoms with van der Waals surface area (Å²) in [5.41, 5.74) is 8.69. The zero-order chi connectivity index (χ0) is 9.26. The molecular weight excluding hydrogens is 182 g/mol. The number of fused-ring (bicyclic) bond motifs is 1. The lowest BCUT2D eigenvalue weighted by Crippen LogP contribution is -2.10. The van der Waals surface area contributed by atoms with Gasteiger partial charge in [-0.25, -0.2) is 0 Å². The van der Waals surface area contributed by atoms with Crippen molar-refractivity contribution in [3.63, 3.8) is 0 Å². The van der Waals surface area contributed by atoms with E-state index in [1.807, 2.05) is 12.1 Å². The number of aryl methyl sites for hydroxylation is 1. The number of nitrogens with two attached hydrogens (primary N) is 1. The van der Waals surface area contributed by atoms with E-state index in [0.29, 0.717) is 0 Å². The maximum atomic E-state index is 6.06. The summed E-state index contributed by atoms with van der Waals surface area (Å²) in [6, 6.07) is 6.28. The van der Waals surface area contributed by atoms with Crippen molar-refractivity contribution in [2.24, 2.45) is 5.73 Å². The predicted octanol–water partition coefficient (Wildman–Crippen LogP) is 3.07. The molecule has 0 saturated heterocycles. The fourth-order valence-electron chi connectivity index (χ4n) is 1.97. The molecule has 13 heavy (non-hydrogen) atoms. The first-order valence-corrected chi connectivity index (χ1v) is 5.19. The van der Waals surface area contributed by atoms with Gasteiger partial charge in [0.2, 0.25) is 0 Å². The number of benzene rings is 1. The van der Waals surface area contributed by atoms with Gasteiger partial charge in [-0.1, -0.05) is 24.1 Å². The predicted molar refractivity (Wildman–Crippen MR) is 55.9 cm³/mol. The highest BCUT2D eigenvalue weighted by Gasteiger charge is 2.14. The Bertz CT molecular complexity index is 309. The van der Waals surface area contributed by atoms with E-state index < -0.39 is 0 Å². The van der Waals surface area contributed by atoms with Crippen LogP contribution < -0.4 is 5.73 Å². The minimum absolute atomic E-state index is 0.191. The molecule has 0 saturated carbocycles. The molecule has 1 aromatic carbocycles. The average molecular weight is 196 g/mol. The molecule has 1 nitrogen and oxygen atoms in total. The van der Waals surface area contributed by atoms with Crippen molar-refractivity contribution < 1.29 is 0 Å². The summed E-state index contributed by atoms with van der Waals surface area (Å²) in [6.45, 7) is 0. The van der Waals surface area contributed by atoms with Crippen molar-refractivity contribution in [3.8, 4) is 0 Å². The highest BCUT2D eigenvalue weighted by Crippen LogP contribution is 2.28. The summed E-state index contributed by atoms with van der Waals surface area (Å²) in [7, 11) is 0. The van der Waals surface area contributed by atoms with Crippen LogP contribution in [0.2, 0.25) is 5.02 Å². The van der Waals surface area contributed by atoms with Gasteiger partial charge in [0.25, 0.3) is 0 Å². The van der Waals surface area contributed by atoms with Crippen LogP contribution in [0.15, 0.2) is 18.2 Å². The van der Waals surface area contributed by atoms with Gasteiger partial charge < -0.3 is 5.73 Å². The number of rotatable bonds is 0. The monoisotopic (exact) mass is 195 g/mol. The van der Waals surface area contributed by atoms with Crippen LogP contribution in [-0.2, 0) is 6.42 Å². The van der Waals surface area contributed by atoms with Crippen LogP contribution in [0.4, 0.5) is 0 Å². The minimum atomic E-state index is 0.191. The van der Waals surface area contributed by atoms with Crippen molar-refractivity contribution >= 4 is 11.6 Å². The van der Waals surface area contributed by atoms with Crippen molar-refractivity contribution in [1.29, 1.82) is 0 Å². The smallest absolute Gasteiger partial charge is 0.0409 e. The normalized spacial score (nSPS) is 22.2. The van der Waals surface area contributed by atoms with Crippen LogP contribution in [-0.4, -0.2) is 0 Å². The van der Waals surface area contributed by atoms with E-state index in [1.165, 1.54) is 24.0 Å². The van der Waals surface area contributed by atoms with Crippen LogP contribution in [0.25, 0.3) is 0 Å². The van der Waals surface area contributed by atoms with Crippen molar-refractivity contribution in [2.45, 2.75) is 31.7 Å². The van der Waals surface area contributed by atoms with Gasteiger partial charge in [-0.05, 0) is 42.5 Å². The zero-order valence-electron chi connectivity index (χ0n) is 7.59. The lowest BCUT2D eigenvalue weighted by Gasteiger charge is -2.12. The van der Waals surface area contributed by atoms with Gasteiger partial charge in [0.15, 0.2) is 0 Å². The molecule has 0 unspecified atom stereocenters. The Hall–Kier alpha value is -0.530. The average Bonchev–Trinajstić information content (AvgIpc) is 2.29. The topological polar surface area (TPSA) is 26.0 Å². The van der Waals surface area contributed by atoms with E-state index in [2.05, 4.69) is 6.07 Å². The Morgan fingerprint density at radius 1 is 1.31 bits per heavy atom. The van der Waals surface area contributed by atoms with Crippen molar-refractivity contribution in [3.05, 3.63) is 34.3 Å². The maximum Gasteiger partial charge on any atom is 0.0409 e. The van der Waals surface area contributed by atoms with Crippen LogP contribution in [0.1, 0.15) is 36.4 Å². The molecule has 1 atom stereocenters. The van der Waals surface area contributed by atoms with Crippen molar-refractivity contribution in [2.75, 3.05) is 0 Å². The number of hydrogen-bond donors (Lipinski definition) is 1. The molecular formula is C11H14ClN. The van der Waals surface area contributed by atoms with E-state index in [9.17, 15) is 0 Å². The molecule has 0 aliphatic heterocycles. The van der Waals surface area contributed by atoms with Gasteiger partial charge in [0, 0.05) is 11.1 Å². The van der Waals surface area contributed by atoms with Crippen LogP contribution in [0, 0.1) is 0 Å². The van der Waals surface area contributed by atoms with Crippen LogP contribution >= 0.6 is 11.6 Å². The van der Waals surface area contributed by atoms with Gasteiger partial charge >= 0.3 is 0 Å². The third-order valence-corrected chi connectivity index (χ3v) is 2.95. The molecule has 0 radical (unpaired) electrons. The first kappa shape index (κ1) is 9.04. The molecule has 70 valence electrons. The molecule has 0 aromatic heterocycles. The first-order valence-electron chi connectivity index (χ1n) is 4.81. The number of halogens is 1. The van der Waals surface area contributed by atoms with E-state index in [1.54, 1.807) is 0 Å². The second kappa shape index (κ2) is 3.69. The Labute approximate surface area is 83.9 Å². The lowest BCUT2D eigenvalue weighted by molar-refractivity contribution is 0.615. The van der Waals surface area contributed by atoms with Gasteiger partial charge in [-0.2, -0.15) is 0 Å². The summed E-state index contributed by atoms with van der Waals surface area (Å²) in [5.74, 6) is 0. The summed E-state index contributed by atoms with van der Waals surface area (Å²) in [6.07, 6.45) is 4.73. The van der Waals surface area contributed by atoms with Crippen LogP contribution in [0.3, 0.4) is 0 Å². The van der Waals surface area contributed by atoms with E-state index in [0.717, 1.165) is 17.9 Å². The molecule has 1 aromatic rings. The summed E-state index contributed by atoms with van der Waals surface area (Å²) >= 11 is 5.94. The lowest BCUT2D eigenvalue weighted by atomic mass is 10.00. The molecule has 0 fully saturated rings. The molecule has 0 bridgehead atoms. The molecule has 1 aliphatic rings. The Morgan fingerprint density at radius 3 is 3.00 bits per heavy atom. The highest BCUT2D eigenvalue weighted by atomic mass is 35.5. The summed E-state index contributed by atoms with van der Waals surface area (Å²) < 4.78 is 0. The van der Waals surface area contributed by atoms with E-state index in [-0.39, 0.29) is 6.04 Å². The zero-order valence-corrected chi connectivity index (χ0v) is 8.35. The third kappa shape index (κ3) is 1.87. The fourth-order valence-corrected chi connectivity index (χ4v) is 2.15.